The molecule has 12 heteroatoms. The number of likely N-dealkylation sites (N-methyl/N-ethyl adjacent to an activating group) is 1. The van der Waals surface area contributed by atoms with Gasteiger partial charge in [0.05, 0.1) is 32.7 Å². The van der Waals surface area contributed by atoms with Gasteiger partial charge in [0.15, 0.2) is 16.7 Å². The number of carboxylic acid groups (broad SMARTS) is 1. The van der Waals surface area contributed by atoms with Gasteiger partial charge in [-0.1, -0.05) is 12.1 Å². The number of thioether (sulfide) groups is 1. The number of ether oxygens (including phenoxy) is 2. The Morgan fingerprint density at radius 3 is 2.59 bits per heavy atom. The number of halogens is 1. The van der Waals surface area contributed by atoms with Crippen LogP contribution < -0.4 is 9.47 Å². The molecule has 1 N–H and O–H groups in total. The number of rotatable bonds is 9. The van der Waals surface area contributed by atoms with Crippen molar-refractivity contribution < 1.29 is 29.1 Å². The SMILES string of the molecule is CCN1C(=O)/C(=C/c2cc(Br)c(OCc3cccc([N+](=O)[O-])c3)c(OC)c2)SC1=Nc1ccc(C(=O)O)cc1. The van der Waals surface area contributed by atoms with E-state index in [0.29, 0.717) is 49.4 Å². The van der Waals surface area contributed by atoms with E-state index in [1.165, 1.54) is 43.1 Å². The molecule has 200 valence electrons. The summed E-state index contributed by atoms with van der Waals surface area (Å²) in [6, 6.07) is 15.8. The average Bonchev–Trinajstić information content (AvgIpc) is 3.21. The smallest absolute Gasteiger partial charge is 0.335 e. The van der Waals surface area contributed by atoms with Crippen LogP contribution in [0.5, 0.6) is 11.5 Å². The van der Waals surface area contributed by atoms with E-state index in [1.54, 1.807) is 47.4 Å². The first-order valence-corrected chi connectivity index (χ1v) is 13.2. The number of aliphatic imine (C=N–C) groups is 1. The van der Waals surface area contributed by atoms with Crippen molar-refractivity contribution in [1.82, 2.24) is 4.90 Å². The highest BCUT2D eigenvalue weighted by atomic mass is 79.9. The summed E-state index contributed by atoms with van der Waals surface area (Å²) in [6.45, 7) is 2.34. The summed E-state index contributed by atoms with van der Waals surface area (Å²) in [5, 5.41) is 20.6. The molecule has 0 bridgehead atoms. The van der Waals surface area contributed by atoms with Crippen LogP contribution in [0.2, 0.25) is 0 Å². The first-order chi connectivity index (χ1) is 18.7. The second-order valence-electron chi connectivity index (χ2n) is 8.16. The number of aromatic carboxylic acids is 1. The van der Waals surface area contributed by atoms with E-state index >= 15 is 0 Å². The molecule has 0 spiro atoms. The van der Waals surface area contributed by atoms with Crippen molar-refractivity contribution in [2.45, 2.75) is 13.5 Å². The van der Waals surface area contributed by atoms with Gasteiger partial charge in [-0.2, -0.15) is 0 Å². The van der Waals surface area contributed by atoms with Gasteiger partial charge in [0, 0.05) is 18.7 Å². The number of amidine groups is 1. The van der Waals surface area contributed by atoms with Crippen LogP contribution in [0.3, 0.4) is 0 Å². The second kappa shape index (κ2) is 12.1. The minimum atomic E-state index is -1.03. The van der Waals surface area contributed by atoms with E-state index in [-0.39, 0.29) is 23.8 Å². The van der Waals surface area contributed by atoms with Crippen LogP contribution >= 0.6 is 27.7 Å². The number of carboxylic acids is 1. The molecule has 0 aliphatic carbocycles. The van der Waals surface area contributed by atoms with Crippen molar-refractivity contribution in [3.05, 3.63) is 96.8 Å². The summed E-state index contributed by atoms with van der Waals surface area (Å²) in [6.07, 6.45) is 1.73. The Morgan fingerprint density at radius 1 is 1.21 bits per heavy atom. The van der Waals surface area contributed by atoms with E-state index < -0.39 is 10.9 Å². The van der Waals surface area contributed by atoms with Gasteiger partial charge in [0.2, 0.25) is 0 Å². The first-order valence-electron chi connectivity index (χ1n) is 11.6. The zero-order valence-electron chi connectivity index (χ0n) is 20.8. The number of nitro groups is 1. The maximum absolute atomic E-state index is 13.1. The van der Waals surface area contributed by atoms with Gasteiger partial charge in [-0.15, -0.1) is 0 Å². The molecule has 3 aromatic rings. The third-order valence-corrected chi connectivity index (χ3v) is 7.19. The molecule has 3 aromatic carbocycles. The first kappa shape index (κ1) is 27.9. The molecule has 1 aliphatic rings. The summed E-state index contributed by atoms with van der Waals surface area (Å²) in [7, 11) is 1.49. The van der Waals surface area contributed by atoms with Crippen LogP contribution in [-0.2, 0) is 11.4 Å². The van der Waals surface area contributed by atoms with E-state index in [1.807, 2.05) is 6.92 Å². The highest BCUT2D eigenvalue weighted by Gasteiger charge is 2.32. The Bertz CT molecular complexity index is 1510. The molecule has 10 nitrogen and oxygen atoms in total. The number of carbonyl (C=O) groups excluding carboxylic acids is 1. The molecule has 0 atom stereocenters. The van der Waals surface area contributed by atoms with E-state index in [2.05, 4.69) is 20.9 Å². The van der Waals surface area contributed by atoms with Crippen LogP contribution in [0.15, 0.2) is 75.0 Å². The molecule has 4 rings (SSSR count). The Hall–Kier alpha value is -4.16. The molecule has 1 amide bonds. The number of amides is 1. The molecule has 0 unspecified atom stereocenters. The van der Waals surface area contributed by atoms with Gasteiger partial charge in [0.25, 0.3) is 11.6 Å². The summed E-state index contributed by atoms with van der Waals surface area (Å²) in [5.74, 6) is -0.401. The zero-order valence-corrected chi connectivity index (χ0v) is 23.2. The molecule has 39 heavy (non-hydrogen) atoms. The number of hydrogen-bond donors (Lipinski definition) is 1. The number of hydrogen-bond acceptors (Lipinski definition) is 8. The lowest BCUT2D eigenvalue weighted by Crippen LogP contribution is -2.28. The summed E-state index contributed by atoms with van der Waals surface area (Å²) in [4.78, 5) is 41.3. The van der Waals surface area contributed by atoms with Crippen molar-refractivity contribution in [1.29, 1.82) is 0 Å². The lowest BCUT2D eigenvalue weighted by atomic mass is 10.1. The molecule has 1 fully saturated rings. The predicted octanol–water partition coefficient (Wildman–Crippen LogP) is 6.27. The van der Waals surface area contributed by atoms with Crippen LogP contribution in [0.1, 0.15) is 28.4 Å². The van der Waals surface area contributed by atoms with Gasteiger partial charge >= 0.3 is 5.97 Å². The highest BCUT2D eigenvalue weighted by Crippen LogP contribution is 2.40. The lowest BCUT2D eigenvalue weighted by molar-refractivity contribution is -0.384. The minimum Gasteiger partial charge on any atom is -0.493 e. The summed E-state index contributed by atoms with van der Waals surface area (Å²) >= 11 is 4.72. The Balaban J connectivity index is 1.57. The molecule has 0 radical (unpaired) electrons. The van der Waals surface area contributed by atoms with Crippen LogP contribution in [0.4, 0.5) is 11.4 Å². The highest BCUT2D eigenvalue weighted by molar-refractivity contribution is 9.10. The minimum absolute atomic E-state index is 0.0239. The predicted molar refractivity (Wildman–Crippen MR) is 152 cm³/mol. The number of nitro benzene ring substituents is 1. The third-order valence-electron chi connectivity index (χ3n) is 5.60. The van der Waals surface area contributed by atoms with Crippen molar-refractivity contribution >= 4 is 62.2 Å². The normalized spacial score (nSPS) is 15.2. The van der Waals surface area contributed by atoms with Gasteiger partial charge < -0.3 is 14.6 Å². The van der Waals surface area contributed by atoms with Gasteiger partial charge in [-0.05, 0) is 88.2 Å². The fraction of sp³-hybridized carbons (Fsp3) is 0.148. The molecular formula is C27H22BrN3O7S. The summed E-state index contributed by atoms with van der Waals surface area (Å²) < 4.78 is 12.0. The standard InChI is InChI=1S/C27H22BrN3O7S/c1-3-30-25(32)23(39-27(30)29-19-9-7-18(8-10-19)26(33)34)14-17-12-21(28)24(22(13-17)37-2)38-15-16-5-4-6-20(11-16)31(35)36/h4-14H,3,15H2,1-2H3,(H,33,34)/b23-14-,29-27?. The van der Waals surface area contributed by atoms with E-state index in [9.17, 15) is 19.7 Å². The Kier molecular flexibility index (Phi) is 8.67. The number of non-ortho nitro benzene ring substituents is 1. The fourth-order valence-corrected chi connectivity index (χ4v) is 5.33. The molecular weight excluding hydrogens is 590 g/mol. The largest absolute Gasteiger partial charge is 0.493 e. The van der Waals surface area contributed by atoms with Gasteiger partial charge in [-0.3, -0.25) is 19.8 Å². The topological polar surface area (TPSA) is 132 Å². The van der Waals surface area contributed by atoms with Crippen LogP contribution in [0.25, 0.3) is 6.08 Å². The maximum Gasteiger partial charge on any atom is 0.335 e. The number of carbonyl (C=O) groups is 2. The number of nitrogens with zero attached hydrogens (tertiary/aromatic N) is 3. The molecule has 1 heterocycles. The average molecular weight is 612 g/mol. The maximum atomic E-state index is 13.1. The van der Waals surface area contributed by atoms with Crippen LogP contribution in [0, 0.1) is 10.1 Å². The third kappa shape index (κ3) is 6.47. The van der Waals surface area contributed by atoms with Crippen molar-refractivity contribution in [2.24, 2.45) is 4.99 Å². The number of methoxy groups -OCH3 is 1. The van der Waals surface area contributed by atoms with Crippen LogP contribution in [-0.4, -0.2) is 45.6 Å². The zero-order chi connectivity index (χ0) is 28.1. The van der Waals surface area contributed by atoms with Crippen molar-refractivity contribution in [3.63, 3.8) is 0 Å². The Labute approximate surface area is 236 Å². The molecule has 0 saturated carbocycles. The Morgan fingerprint density at radius 2 is 1.95 bits per heavy atom. The van der Waals surface area contributed by atoms with E-state index in [4.69, 9.17) is 14.6 Å². The molecule has 1 saturated heterocycles. The summed E-state index contributed by atoms with van der Waals surface area (Å²) in [5.41, 5.74) is 1.97. The lowest BCUT2D eigenvalue weighted by Gasteiger charge is -2.14. The molecule has 0 aromatic heterocycles. The molecule has 1 aliphatic heterocycles. The monoisotopic (exact) mass is 611 g/mol. The van der Waals surface area contributed by atoms with Gasteiger partial charge in [-0.25, -0.2) is 9.79 Å². The second-order valence-corrected chi connectivity index (χ2v) is 10.0. The van der Waals surface area contributed by atoms with Crippen molar-refractivity contribution in [3.8, 4) is 11.5 Å². The van der Waals surface area contributed by atoms with Crippen molar-refractivity contribution in [2.75, 3.05) is 13.7 Å². The van der Waals surface area contributed by atoms with E-state index in [0.717, 1.165) is 0 Å². The van der Waals surface area contributed by atoms with Gasteiger partial charge in [0.1, 0.15) is 6.61 Å². The quantitative estimate of drug-likeness (QED) is 0.170. The number of benzene rings is 3. The fourth-order valence-electron chi connectivity index (χ4n) is 3.69.